The molecule has 0 aliphatic rings. The van der Waals surface area contributed by atoms with Gasteiger partial charge in [0.05, 0.1) is 6.61 Å². The van der Waals surface area contributed by atoms with Crippen LogP contribution in [0.2, 0.25) is 12.6 Å². The molecule has 0 spiro atoms. The summed E-state index contributed by atoms with van der Waals surface area (Å²) in [5.41, 5.74) is 0. The number of hydrogen-bond acceptors (Lipinski definition) is 4. The Hall–Kier alpha value is -0.883. The molecule has 5 heteroatoms. The molecule has 168 valence electrons. The standard InChI is InChI=1S/C24H44O4Si/c1-4-27-29(3,28-5-2)23-17-12-10-8-6-7-9-11-16-20-25-21-22-26-24-18-14-13-15-19-24/h13-15,18-19H,4-12,16-17,20-23H2,1-3H3. The van der Waals surface area contributed by atoms with Gasteiger partial charge in [-0.2, -0.15) is 0 Å². The maximum Gasteiger partial charge on any atom is 0.334 e. The van der Waals surface area contributed by atoms with Crippen molar-refractivity contribution in [3.8, 4) is 5.75 Å². The van der Waals surface area contributed by atoms with Crippen molar-refractivity contribution in [2.45, 2.75) is 84.2 Å². The summed E-state index contributed by atoms with van der Waals surface area (Å²) in [7, 11) is -1.89. The highest BCUT2D eigenvalue weighted by molar-refractivity contribution is 6.66. The lowest BCUT2D eigenvalue weighted by atomic mass is 10.1. The number of rotatable bonds is 20. The molecular formula is C24H44O4Si. The van der Waals surface area contributed by atoms with Gasteiger partial charge in [-0.15, -0.1) is 0 Å². The summed E-state index contributed by atoms with van der Waals surface area (Å²) in [4.78, 5) is 0. The van der Waals surface area contributed by atoms with Crippen LogP contribution >= 0.6 is 0 Å². The second-order valence-electron chi connectivity index (χ2n) is 7.71. The summed E-state index contributed by atoms with van der Waals surface area (Å²) >= 11 is 0. The molecule has 0 unspecified atom stereocenters. The second kappa shape index (κ2) is 17.9. The number of unbranched alkanes of at least 4 members (excludes halogenated alkanes) is 8. The molecule has 0 saturated heterocycles. The molecule has 0 saturated carbocycles. The Balaban J connectivity index is 1.81. The van der Waals surface area contributed by atoms with Crippen LogP contribution in [0.4, 0.5) is 0 Å². The predicted molar refractivity (Wildman–Crippen MR) is 124 cm³/mol. The summed E-state index contributed by atoms with van der Waals surface area (Å²) in [5.74, 6) is 0.913. The van der Waals surface area contributed by atoms with Crippen LogP contribution in [-0.2, 0) is 13.6 Å². The molecule has 1 aromatic carbocycles. The Labute approximate surface area is 180 Å². The van der Waals surface area contributed by atoms with Gasteiger partial charge in [-0.25, -0.2) is 0 Å². The summed E-state index contributed by atoms with van der Waals surface area (Å²) in [6.07, 6.45) is 11.7. The van der Waals surface area contributed by atoms with Crippen LogP contribution in [0.5, 0.6) is 5.75 Å². The zero-order valence-corrected chi connectivity index (χ0v) is 20.1. The van der Waals surface area contributed by atoms with Crippen molar-refractivity contribution >= 4 is 8.56 Å². The first-order valence-corrected chi connectivity index (χ1v) is 14.3. The Morgan fingerprint density at radius 2 is 1.21 bits per heavy atom. The molecule has 0 aliphatic carbocycles. The zero-order chi connectivity index (χ0) is 21.0. The maximum atomic E-state index is 5.90. The van der Waals surface area contributed by atoms with Gasteiger partial charge in [0.1, 0.15) is 12.4 Å². The number of ether oxygens (including phenoxy) is 2. The monoisotopic (exact) mass is 424 g/mol. The quantitative estimate of drug-likeness (QED) is 0.172. The smallest absolute Gasteiger partial charge is 0.334 e. The first-order chi connectivity index (χ1) is 14.2. The average molecular weight is 425 g/mol. The van der Waals surface area contributed by atoms with E-state index in [2.05, 4.69) is 20.4 Å². The fourth-order valence-electron chi connectivity index (χ4n) is 3.52. The molecule has 1 aromatic rings. The maximum absolute atomic E-state index is 5.90. The third-order valence-electron chi connectivity index (χ3n) is 5.06. The van der Waals surface area contributed by atoms with E-state index < -0.39 is 8.56 Å². The fraction of sp³-hybridized carbons (Fsp3) is 0.750. The van der Waals surface area contributed by atoms with E-state index in [9.17, 15) is 0 Å². The molecule has 0 atom stereocenters. The van der Waals surface area contributed by atoms with Crippen molar-refractivity contribution in [2.75, 3.05) is 33.0 Å². The molecule has 0 bridgehead atoms. The Kier molecular flexibility index (Phi) is 16.2. The SMILES string of the molecule is CCO[Si](C)(CCCCCCCCCCCOCCOc1ccccc1)OCC. The van der Waals surface area contributed by atoms with E-state index >= 15 is 0 Å². The minimum Gasteiger partial charge on any atom is -0.491 e. The topological polar surface area (TPSA) is 36.9 Å². The zero-order valence-electron chi connectivity index (χ0n) is 19.1. The van der Waals surface area contributed by atoms with Crippen LogP contribution < -0.4 is 4.74 Å². The highest BCUT2D eigenvalue weighted by Crippen LogP contribution is 2.19. The van der Waals surface area contributed by atoms with Crippen molar-refractivity contribution < 1.29 is 18.3 Å². The number of hydrogen-bond donors (Lipinski definition) is 0. The van der Waals surface area contributed by atoms with Gasteiger partial charge in [0.15, 0.2) is 0 Å². The van der Waals surface area contributed by atoms with Crippen LogP contribution in [0.25, 0.3) is 0 Å². The molecule has 1 rings (SSSR count). The second-order valence-corrected chi connectivity index (χ2v) is 11.1. The Morgan fingerprint density at radius 3 is 1.79 bits per heavy atom. The lowest BCUT2D eigenvalue weighted by molar-refractivity contribution is 0.0970. The van der Waals surface area contributed by atoms with Gasteiger partial charge in [0.2, 0.25) is 0 Å². The highest BCUT2D eigenvalue weighted by atomic mass is 28.4. The molecule has 29 heavy (non-hydrogen) atoms. The van der Waals surface area contributed by atoms with E-state index in [0.29, 0.717) is 13.2 Å². The van der Waals surface area contributed by atoms with Crippen LogP contribution in [-0.4, -0.2) is 41.6 Å². The van der Waals surface area contributed by atoms with Crippen molar-refractivity contribution in [1.29, 1.82) is 0 Å². The summed E-state index contributed by atoms with van der Waals surface area (Å²) in [5, 5.41) is 0. The van der Waals surface area contributed by atoms with Crippen molar-refractivity contribution in [3.63, 3.8) is 0 Å². The third kappa shape index (κ3) is 14.7. The van der Waals surface area contributed by atoms with Gasteiger partial charge < -0.3 is 18.3 Å². The van der Waals surface area contributed by atoms with E-state index in [1.165, 1.54) is 51.4 Å². The van der Waals surface area contributed by atoms with Gasteiger partial charge in [-0.05, 0) is 45.0 Å². The fourth-order valence-corrected chi connectivity index (χ4v) is 6.01. The van der Waals surface area contributed by atoms with E-state index in [1.807, 2.05) is 30.3 Å². The molecule has 0 radical (unpaired) electrons. The molecule has 0 heterocycles. The van der Waals surface area contributed by atoms with E-state index in [-0.39, 0.29) is 0 Å². The van der Waals surface area contributed by atoms with E-state index in [4.69, 9.17) is 18.3 Å². The lowest BCUT2D eigenvalue weighted by Crippen LogP contribution is -2.38. The van der Waals surface area contributed by atoms with Gasteiger partial charge in [-0.3, -0.25) is 0 Å². The Morgan fingerprint density at radius 1 is 0.655 bits per heavy atom. The molecule has 0 aliphatic heterocycles. The normalized spacial score (nSPS) is 11.7. The number of para-hydroxylation sites is 1. The van der Waals surface area contributed by atoms with Gasteiger partial charge in [-0.1, -0.05) is 69.6 Å². The predicted octanol–water partition coefficient (Wildman–Crippen LogP) is 6.74. The van der Waals surface area contributed by atoms with Crippen molar-refractivity contribution in [2.24, 2.45) is 0 Å². The average Bonchev–Trinajstić information content (AvgIpc) is 2.72. The molecule has 0 aromatic heterocycles. The molecular weight excluding hydrogens is 380 g/mol. The minimum absolute atomic E-state index is 0.626. The van der Waals surface area contributed by atoms with Crippen LogP contribution in [0.3, 0.4) is 0 Å². The summed E-state index contributed by atoms with van der Waals surface area (Å²) < 4.78 is 23.1. The Bertz CT molecular complexity index is 463. The van der Waals surface area contributed by atoms with E-state index in [0.717, 1.165) is 38.0 Å². The largest absolute Gasteiger partial charge is 0.491 e. The lowest BCUT2D eigenvalue weighted by Gasteiger charge is -2.25. The van der Waals surface area contributed by atoms with Crippen LogP contribution in [0.15, 0.2) is 30.3 Å². The summed E-state index contributed by atoms with van der Waals surface area (Å²) in [6.45, 7) is 10.0. The van der Waals surface area contributed by atoms with E-state index in [1.54, 1.807) is 0 Å². The van der Waals surface area contributed by atoms with Crippen molar-refractivity contribution in [1.82, 2.24) is 0 Å². The molecule has 0 fully saturated rings. The minimum atomic E-state index is -1.89. The molecule has 0 amide bonds. The van der Waals surface area contributed by atoms with Crippen LogP contribution in [0.1, 0.15) is 71.6 Å². The van der Waals surface area contributed by atoms with Crippen LogP contribution in [0, 0.1) is 0 Å². The van der Waals surface area contributed by atoms with Gasteiger partial charge in [0.25, 0.3) is 0 Å². The third-order valence-corrected chi connectivity index (χ3v) is 8.12. The number of benzene rings is 1. The molecule has 0 N–H and O–H groups in total. The summed E-state index contributed by atoms with van der Waals surface area (Å²) in [6, 6.07) is 11.0. The van der Waals surface area contributed by atoms with Gasteiger partial charge >= 0.3 is 8.56 Å². The van der Waals surface area contributed by atoms with Crippen molar-refractivity contribution in [3.05, 3.63) is 30.3 Å². The first kappa shape index (κ1) is 26.2. The highest BCUT2D eigenvalue weighted by Gasteiger charge is 2.29. The molecule has 4 nitrogen and oxygen atoms in total. The van der Waals surface area contributed by atoms with Gasteiger partial charge in [0, 0.05) is 19.8 Å². The first-order valence-electron chi connectivity index (χ1n) is 11.7.